The van der Waals surface area contributed by atoms with Gasteiger partial charge in [-0.3, -0.25) is 9.36 Å². The summed E-state index contributed by atoms with van der Waals surface area (Å²) in [6, 6.07) is 26.9. The highest BCUT2D eigenvalue weighted by Crippen LogP contribution is 2.31. The number of halogens is 1. The summed E-state index contributed by atoms with van der Waals surface area (Å²) in [5, 5.41) is 2.33. The van der Waals surface area contributed by atoms with Gasteiger partial charge in [0.1, 0.15) is 18.2 Å². The van der Waals surface area contributed by atoms with Crippen LogP contribution in [0.3, 0.4) is 0 Å². The van der Waals surface area contributed by atoms with Crippen molar-refractivity contribution in [3.63, 3.8) is 0 Å². The molecule has 8 heteroatoms. The first kappa shape index (κ1) is 27.4. The van der Waals surface area contributed by atoms with Gasteiger partial charge in [0.25, 0.3) is 5.56 Å². The molecule has 0 unspecified atom stereocenters. The number of rotatable bonds is 7. The van der Waals surface area contributed by atoms with E-state index < -0.39 is 17.8 Å². The second-order valence-corrected chi connectivity index (χ2v) is 10.9. The molecule has 0 radical (unpaired) electrons. The van der Waals surface area contributed by atoms with E-state index in [1.807, 2.05) is 42.5 Å². The molecule has 0 N–H and O–H groups in total. The lowest BCUT2D eigenvalue weighted by Crippen LogP contribution is -2.39. The van der Waals surface area contributed by atoms with E-state index in [4.69, 9.17) is 9.47 Å². The van der Waals surface area contributed by atoms with Gasteiger partial charge in [0.15, 0.2) is 4.80 Å². The van der Waals surface area contributed by atoms with Gasteiger partial charge in [0.2, 0.25) is 0 Å². The normalized spacial score (nSPS) is 14.9. The van der Waals surface area contributed by atoms with E-state index in [2.05, 4.69) is 29.3 Å². The maximum atomic E-state index is 13.8. The van der Waals surface area contributed by atoms with Gasteiger partial charge in [0, 0.05) is 0 Å². The molecule has 0 bridgehead atoms. The first-order valence-electron chi connectivity index (χ1n) is 13.6. The zero-order valence-electron chi connectivity index (χ0n) is 23.0. The van der Waals surface area contributed by atoms with Crippen LogP contribution in [0.4, 0.5) is 4.39 Å². The number of hydrogen-bond donors (Lipinski definition) is 0. The fourth-order valence-corrected chi connectivity index (χ4v) is 6.19. The number of nitrogens with zero attached hydrogens (tertiary/aromatic N) is 2. The topological polar surface area (TPSA) is 69.9 Å². The SMILES string of the molecule is CCOC(=O)C1=C(C)N=c2s/c(=C\c3ccc(OCc4cccc5ccccc45)cc3)c(=O)n2[C@H]1c1ccc(F)cc1. The van der Waals surface area contributed by atoms with Crippen LogP contribution in [0.2, 0.25) is 0 Å². The molecule has 1 atom stereocenters. The van der Waals surface area contributed by atoms with Crippen molar-refractivity contribution in [1.29, 1.82) is 0 Å². The van der Waals surface area contributed by atoms with E-state index in [9.17, 15) is 14.0 Å². The van der Waals surface area contributed by atoms with Gasteiger partial charge < -0.3 is 9.47 Å². The van der Waals surface area contributed by atoms with Crippen LogP contribution in [0.25, 0.3) is 16.8 Å². The Kier molecular flexibility index (Phi) is 7.54. The van der Waals surface area contributed by atoms with Crippen LogP contribution in [-0.4, -0.2) is 17.1 Å². The quantitative estimate of drug-likeness (QED) is 0.234. The van der Waals surface area contributed by atoms with Crippen LogP contribution >= 0.6 is 11.3 Å². The Labute approximate surface area is 245 Å². The zero-order valence-corrected chi connectivity index (χ0v) is 23.9. The minimum Gasteiger partial charge on any atom is -0.489 e. The summed E-state index contributed by atoms with van der Waals surface area (Å²) >= 11 is 1.24. The summed E-state index contributed by atoms with van der Waals surface area (Å²) in [4.78, 5) is 31.8. The van der Waals surface area contributed by atoms with E-state index in [0.717, 1.165) is 16.5 Å². The minimum atomic E-state index is -0.784. The van der Waals surface area contributed by atoms with E-state index in [0.29, 0.717) is 33.0 Å². The molecule has 0 amide bonds. The number of thiazole rings is 1. The second-order valence-electron chi connectivity index (χ2n) is 9.85. The van der Waals surface area contributed by atoms with E-state index >= 15 is 0 Å². The number of aromatic nitrogens is 1. The van der Waals surface area contributed by atoms with Gasteiger partial charge >= 0.3 is 5.97 Å². The third-order valence-electron chi connectivity index (χ3n) is 7.15. The highest BCUT2D eigenvalue weighted by Gasteiger charge is 2.33. The second kappa shape index (κ2) is 11.6. The lowest BCUT2D eigenvalue weighted by molar-refractivity contribution is -0.139. The molecule has 0 saturated heterocycles. The largest absolute Gasteiger partial charge is 0.489 e. The van der Waals surface area contributed by atoms with Crippen molar-refractivity contribution in [2.75, 3.05) is 6.61 Å². The van der Waals surface area contributed by atoms with E-state index in [-0.39, 0.29) is 17.7 Å². The van der Waals surface area contributed by atoms with Crippen molar-refractivity contribution in [1.82, 2.24) is 4.57 Å². The summed E-state index contributed by atoms with van der Waals surface area (Å²) in [7, 11) is 0. The van der Waals surface area contributed by atoms with Crippen LogP contribution in [0.5, 0.6) is 5.75 Å². The first-order valence-corrected chi connectivity index (χ1v) is 14.4. The van der Waals surface area contributed by atoms with Crippen LogP contribution in [-0.2, 0) is 16.1 Å². The van der Waals surface area contributed by atoms with Crippen molar-refractivity contribution >= 4 is 34.2 Å². The van der Waals surface area contributed by atoms with Crippen LogP contribution in [0.15, 0.2) is 112 Å². The number of fused-ring (bicyclic) bond motifs is 2. The maximum Gasteiger partial charge on any atom is 0.338 e. The monoisotopic (exact) mass is 578 g/mol. The Morgan fingerprint density at radius 3 is 2.50 bits per heavy atom. The molecule has 1 aromatic heterocycles. The molecular weight excluding hydrogens is 551 g/mol. The first-order chi connectivity index (χ1) is 20.4. The molecule has 0 aliphatic carbocycles. The molecule has 0 saturated carbocycles. The highest BCUT2D eigenvalue weighted by atomic mass is 32.1. The standard InChI is InChI=1S/C34H27FN2O4S/c1-3-40-33(39)30-21(2)36-34-37(31(30)24-13-15-26(35)16-14-24)32(38)29(42-34)19-22-11-17-27(18-12-22)41-20-25-9-6-8-23-7-4-5-10-28(23)25/h4-19,31H,3,20H2,1-2H3/b29-19-/t31-/m0/s1. The van der Waals surface area contributed by atoms with Gasteiger partial charge in [-0.2, -0.15) is 0 Å². The van der Waals surface area contributed by atoms with Crippen LogP contribution < -0.4 is 19.6 Å². The zero-order chi connectivity index (χ0) is 29.2. The van der Waals surface area contributed by atoms with Crippen molar-refractivity contribution in [2.24, 2.45) is 4.99 Å². The van der Waals surface area contributed by atoms with Gasteiger partial charge in [-0.25, -0.2) is 14.2 Å². The molecule has 1 aliphatic heterocycles. The van der Waals surface area contributed by atoms with Crippen molar-refractivity contribution in [3.8, 4) is 5.75 Å². The number of hydrogen-bond acceptors (Lipinski definition) is 6. The number of carbonyl (C=O) groups excluding carboxylic acids is 1. The Hall–Kier alpha value is -4.82. The van der Waals surface area contributed by atoms with Crippen molar-refractivity contribution in [2.45, 2.75) is 26.5 Å². The fourth-order valence-electron chi connectivity index (χ4n) is 5.14. The average Bonchev–Trinajstić information content (AvgIpc) is 3.30. The summed E-state index contributed by atoms with van der Waals surface area (Å²) < 4.78 is 27.1. The van der Waals surface area contributed by atoms with Crippen LogP contribution in [0, 0.1) is 5.82 Å². The summed E-state index contributed by atoms with van der Waals surface area (Å²) in [5.41, 5.74) is 2.94. The van der Waals surface area contributed by atoms with E-state index in [1.54, 1.807) is 32.1 Å². The van der Waals surface area contributed by atoms with Crippen molar-refractivity contribution < 1.29 is 18.7 Å². The Morgan fingerprint density at radius 1 is 1.00 bits per heavy atom. The molecule has 1 aliphatic rings. The van der Waals surface area contributed by atoms with Gasteiger partial charge in [-0.15, -0.1) is 0 Å². The molecule has 6 rings (SSSR count). The molecule has 0 spiro atoms. The predicted molar refractivity (Wildman–Crippen MR) is 162 cm³/mol. The Morgan fingerprint density at radius 2 is 1.74 bits per heavy atom. The summed E-state index contributed by atoms with van der Waals surface area (Å²) in [6.07, 6.45) is 1.80. The summed E-state index contributed by atoms with van der Waals surface area (Å²) in [5.74, 6) is -0.247. The fraction of sp³-hybridized carbons (Fsp3) is 0.147. The lowest BCUT2D eigenvalue weighted by atomic mass is 9.96. The molecule has 4 aromatic carbocycles. The number of allylic oxidation sites excluding steroid dienone is 1. The maximum absolute atomic E-state index is 13.8. The minimum absolute atomic E-state index is 0.178. The van der Waals surface area contributed by atoms with Crippen LogP contribution in [0.1, 0.15) is 36.6 Å². The number of benzene rings is 4. The molecular formula is C34H27FN2O4S. The molecule has 2 heterocycles. The summed E-state index contributed by atoms with van der Waals surface area (Å²) in [6.45, 7) is 4.05. The lowest BCUT2D eigenvalue weighted by Gasteiger charge is -2.24. The molecule has 210 valence electrons. The van der Waals surface area contributed by atoms with Gasteiger partial charge in [0.05, 0.1) is 28.5 Å². The Balaban J connectivity index is 1.31. The van der Waals surface area contributed by atoms with E-state index in [1.165, 1.54) is 33.4 Å². The highest BCUT2D eigenvalue weighted by molar-refractivity contribution is 7.07. The third-order valence-corrected chi connectivity index (χ3v) is 8.14. The Bertz CT molecular complexity index is 2000. The third kappa shape index (κ3) is 5.29. The number of carbonyl (C=O) groups is 1. The number of ether oxygens (including phenoxy) is 2. The number of esters is 1. The average molecular weight is 579 g/mol. The smallest absolute Gasteiger partial charge is 0.338 e. The molecule has 42 heavy (non-hydrogen) atoms. The van der Waals surface area contributed by atoms with Gasteiger partial charge in [-0.1, -0.05) is 78.1 Å². The van der Waals surface area contributed by atoms with Crippen molar-refractivity contribution in [3.05, 3.63) is 144 Å². The predicted octanol–water partition coefficient (Wildman–Crippen LogP) is 5.67. The molecule has 6 nitrogen and oxygen atoms in total. The molecule has 0 fully saturated rings. The molecule has 5 aromatic rings. The van der Waals surface area contributed by atoms with Gasteiger partial charge in [-0.05, 0) is 71.7 Å².